The average molecular weight is 727 g/mol. The van der Waals surface area contributed by atoms with E-state index in [0.29, 0.717) is 29.5 Å². The zero-order chi connectivity index (χ0) is 36.5. The van der Waals surface area contributed by atoms with E-state index in [1.807, 2.05) is 32.0 Å². The molecular formula is C29H42N8O10S2. The molecule has 2 saturated heterocycles. The fourth-order valence-corrected chi connectivity index (χ4v) is 6.15. The number of aliphatic imine (C=N–C) groups is 1. The number of fused-ring (bicyclic) bond motifs is 1. The Morgan fingerprint density at radius 1 is 1.33 bits per heavy atom. The highest BCUT2D eigenvalue weighted by atomic mass is 32.3. The normalized spacial score (nSPS) is 22.1. The molecule has 0 bridgehead atoms. The number of carbonyl (C=O) groups is 3. The van der Waals surface area contributed by atoms with Gasteiger partial charge in [-0.15, -0.1) is 15.6 Å². The minimum Gasteiger partial charge on any atom is -0.486 e. The summed E-state index contributed by atoms with van der Waals surface area (Å²) in [6.45, 7) is 10.1. The van der Waals surface area contributed by atoms with Crippen LogP contribution in [0.5, 0.6) is 5.75 Å². The molecule has 4 atom stereocenters. The van der Waals surface area contributed by atoms with E-state index in [1.165, 1.54) is 19.2 Å². The molecule has 0 radical (unpaired) electrons. The fourth-order valence-electron chi connectivity index (χ4n) is 5.14. The smallest absolute Gasteiger partial charge is 0.418 e. The predicted octanol–water partition coefficient (Wildman–Crippen LogP) is 0.863. The number of amides is 2. The molecule has 2 fully saturated rings. The topological polar surface area (TPSA) is 270 Å². The molecule has 270 valence electrons. The number of anilines is 1. The second-order valence-corrected chi connectivity index (χ2v) is 13.2. The molecule has 1 aromatic carbocycles. The van der Waals surface area contributed by atoms with Gasteiger partial charge < -0.3 is 36.8 Å². The van der Waals surface area contributed by atoms with Crippen LogP contribution in [0.1, 0.15) is 64.3 Å². The van der Waals surface area contributed by atoms with Gasteiger partial charge in [0.05, 0.1) is 11.6 Å². The third-order valence-electron chi connectivity index (χ3n) is 7.62. The zero-order valence-electron chi connectivity index (χ0n) is 27.7. The maximum absolute atomic E-state index is 13.3. The molecule has 8 N–H and O–H groups in total. The summed E-state index contributed by atoms with van der Waals surface area (Å²) in [4.78, 5) is 48.7. The van der Waals surface area contributed by atoms with E-state index in [9.17, 15) is 18.0 Å². The number of nitrogen functional groups attached to an aromatic ring is 1. The van der Waals surface area contributed by atoms with Crippen molar-refractivity contribution in [3.8, 4) is 5.75 Å². The first kappa shape index (κ1) is 39.1. The van der Waals surface area contributed by atoms with Gasteiger partial charge >= 0.3 is 10.4 Å². The first-order valence-electron chi connectivity index (χ1n) is 15.3. The van der Waals surface area contributed by atoms with Crippen molar-refractivity contribution in [1.82, 2.24) is 20.7 Å². The number of β-lactam (4-membered cyclic amide) rings is 1. The second kappa shape index (κ2) is 16.8. The summed E-state index contributed by atoms with van der Waals surface area (Å²) in [6, 6.07) is 4.68. The standard InChI is InChI=1S/C26H34N8O8S2.C2H6.CH2O2/c1-13(18-6-4-14-10-15(5-7-19(14)40-18)22(27)30-16-8-9-29-11-16)41-33-20(17-12-43-25(28)31-17)23(35)32-21-24(36)34(26(21,2)3)42-44(37,38)39;1-2;2-1-3/h5,7,10,12-13,16,18,21,29H,4,6,8-9,11H2,1-3H3,(H2,27,30)(H2,28,31)(H,32,35)(H,37,38,39);1-2H3;1H,(H,2,3)/b33-20-;;. The number of oxime groups is 1. The Balaban J connectivity index is 0.00000123. The molecule has 2 amide bonds. The monoisotopic (exact) mass is 726 g/mol. The van der Waals surface area contributed by atoms with E-state index in [-0.39, 0.29) is 29.1 Å². The number of aromatic nitrogens is 1. The number of nitrogens with zero attached hydrogens (tertiary/aromatic N) is 4. The van der Waals surface area contributed by atoms with Gasteiger partial charge in [-0.1, -0.05) is 19.0 Å². The van der Waals surface area contributed by atoms with Crippen molar-refractivity contribution >= 4 is 56.7 Å². The SMILES string of the molecule is CC.CC(O/N=C(\C(=O)NC1C(=O)N(OS(=O)(=O)O)C1(C)C)c1csc(N)n1)C1CCc2cc(C(N)=NC3CCNC3)ccc2O1.O=CO. The molecule has 20 heteroatoms. The maximum atomic E-state index is 13.3. The zero-order valence-corrected chi connectivity index (χ0v) is 29.3. The number of hydrogen-bond acceptors (Lipinski definition) is 14. The third kappa shape index (κ3) is 9.85. The number of aryl methyl sites for hydroxylation is 1. The van der Waals surface area contributed by atoms with E-state index in [1.54, 1.807) is 6.92 Å². The van der Waals surface area contributed by atoms with Gasteiger partial charge in [-0.3, -0.25) is 23.9 Å². The predicted molar refractivity (Wildman–Crippen MR) is 180 cm³/mol. The van der Waals surface area contributed by atoms with Crippen LogP contribution in [0.15, 0.2) is 33.7 Å². The quantitative estimate of drug-likeness (QED) is 0.0495. The number of hydrogen-bond donors (Lipinski definition) is 6. The van der Waals surface area contributed by atoms with E-state index in [2.05, 4.69) is 30.0 Å². The highest BCUT2D eigenvalue weighted by Gasteiger charge is 2.58. The Hall–Kier alpha value is -4.37. The van der Waals surface area contributed by atoms with Crippen LogP contribution in [0.3, 0.4) is 0 Å². The molecular weight excluding hydrogens is 684 g/mol. The van der Waals surface area contributed by atoms with Gasteiger partial charge in [0.2, 0.25) is 0 Å². The number of carbonyl (C=O) groups excluding carboxylic acids is 2. The average Bonchev–Trinajstić information content (AvgIpc) is 3.74. The van der Waals surface area contributed by atoms with Gasteiger partial charge in [0.15, 0.2) is 16.9 Å². The van der Waals surface area contributed by atoms with Crippen LogP contribution in [-0.4, -0.2) is 101 Å². The number of nitrogens with one attached hydrogen (secondary N) is 2. The summed E-state index contributed by atoms with van der Waals surface area (Å²) >= 11 is 1.08. The Bertz CT molecular complexity index is 1660. The summed E-state index contributed by atoms with van der Waals surface area (Å²) < 4.78 is 41.7. The molecule has 0 aliphatic carbocycles. The maximum Gasteiger partial charge on any atom is 0.418 e. The van der Waals surface area contributed by atoms with Gasteiger partial charge in [0, 0.05) is 17.5 Å². The van der Waals surface area contributed by atoms with E-state index in [0.717, 1.165) is 42.0 Å². The van der Waals surface area contributed by atoms with Crippen LogP contribution >= 0.6 is 11.3 Å². The van der Waals surface area contributed by atoms with Crippen LogP contribution < -0.4 is 26.8 Å². The highest BCUT2D eigenvalue weighted by molar-refractivity contribution is 7.80. The number of benzene rings is 1. The molecule has 4 unspecified atom stereocenters. The van der Waals surface area contributed by atoms with Crippen LogP contribution in [0, 0.1) is 0 Å². The number of nitrogens with two attached hydrogens (primary N) is 2. The molecule has 3 aliphatic rings. The van der Waals surface area contributed by atoms with Gasteiger partial charge in [0.1, 0.15) is 29.4 Å². The molecule has 0 saturated carbocycles. The minimum absolute atomic E-state index is 0.114. The minimum atomic E-state index is -4.95. The molecule has 5 rings (SSSR count). The summed E-state index contributed by atoms with van der Waals surface area (Å²) in [5, 5.41) is 18.9. The lowest BCUT2D eigenvalue weighted by Gasteiger charge is -2.50. The molecule has 1 aromatic heterocycles. The van der Waals surface area contributed by atoms with E-state index < -0.39 is 46.0 Å². The van der Waals surface area contributed by atoms with Crippen molar-refractivity contribution in [1.29, 1.82) is 0 Å². The lowest BCUT2D eigenvalue weighted by molar-refractivity contribution is -0.218. The van der Waals surface area contributed by atoms with E-state index in [4.69, 9.17) is 35.5 Å². The largest absolute Gasteiger partial charge is 0.486 e. The van der Waals surface area contributed by atoms with Crippen molar-refractivity contribution in [3.63, 3.8) is 0 Å². The van der Waals surface area contributed by atoms with Crippen LogP contribution in [0.2, 0.25) is 0 Å². The van der Waals surface area contributed by atoms with Crippen molar-refractivity contribution < 1.29 is 46.3 Å². The molecule has 3 aliphatic heterocycles. The van der Waals surface area contributed by atoms with Crippen LogP contribution in [0.25, 0.3) is 0 Å². The fraction of sp³-hybridized carbons (Fsp3) is 0.517. The summed E-state index contributed by atoms with van der Waals surface area (Å²) in [7, 11) is -4.95. The molecule has 49 heavy (non-hydrogen) atoms. The summed E-state index contributed by atoms with van der Waals surface area (Å²) in [6.07, 6.45) is 1.27. The Morgan fingerprint density at radius 3 is 2.59 bits per heavy atom. The lowest BCUT2D eigenvalue weighted by atomic mass is 9.84. The number of hydroxylamine groups is 2. The molecule has 0 spiro atoms. The highest BCUT2D eigenvalue weighted by Crippen LogP contribution is 2.33. The van der Waals surface area contributed by atoms with Gasteiger partial charge in [-0.05, 0) is 70.3 Å². The number of carboxylic acid groups (broad SMARTS) is 1. The van der Waals surface area contributed by atoms with Crippen LogP contribution in [0.4, 0.5) is 5.13 Å². The molecule has 18 nitrogen and oxygen atoms in total. The number of rotatable bonds is 10. The van der Waals surface area contributed by atoms with E-state index >= 15 is 0 Å². The summed E-state index contributed by atoms with van der Waals surface area (Å²) in [5.41, 5.74) is 12.4. The van der Waals surface area contributed by atoms with Crippen molar-refractivity contribution in [2.24, 2.45) is 15.9 Å². The molecule has 2 aromatic rings. The third-order valence-corrected chi connectivity index (χ3v) is 8.63. The van der Waals surface area contributed by atoms with Crippen LogP contribution in [-0.2, 0) is 40.3 Å². The van der Waals surface area contributed by atoms with Gasteiger partial charge in [0.25, 0.3) is 18.3 Å². The van der Waals surface area contributed by atoms with Crippen molar-refractivity contribution in [2.45, 2.75) is 83.7 Å². The van der Waals surface area contributed by atoms with Crippen molar-refractivity contribution in [2.75, 3.05) is 18.8 Å². The first-order chi connectivity index (χ1) is 23.1. The first-order valence-corrected chi connectivity index (χ1v) is 17.6. The van der Waals surface area contributed by atoms with Gasteiger partial charge in [-0.25, -0.2) is 4.98 Å². The Kier molecular flexibility index (Phi) is 13.4. The lowest BCUT2D eigenvalue weighted by Crippen LogP contribution is -2.76. The second-order valence-electron chi connectivity index (χ2n) is 11.3. The number of ether oxygens (including phenoxy) is 1. The number of thiazole rings is 1. The summed E-state index contributed by atoms with van der Waals surface area (Å²) in [5.74, 6) is -0.537. The number of amidine groups is 1. The molecule has 4 heterocycles. The van der Waals surface area contributed by atoms with Crippen molar-refractivity contribution in [3.05, 3.63) is 40.4 Å². The Morgan fingerprint density at radius 2 is 2.02 bits per heavy atom. The Labute approximate surface area is 287 Å². The van der Waals surface area contributed by atoms with Gasteiger partial charge in [-0.2, -0.15) is 13.5 Å².